The van der Waals surface area contributed by atoms with E-state index in [9.17, 15) is 26.8 Å². The summed E-state index contributed by atoms with van der Waals surface area (Å²) in [5.74, 6) is -0.819. The zero-order valence-corrected chi connectivity index (χ0v) is 23.4. The second-order valence-electron chi connectivity index (χ2n) is 9.75. The average Bonchev–Trinajstić information content (AvgIpc) is 3.72. The minimum atomic E-state index is -3.80. The van der Waals surface area contributed by atoms with E-state index in [1.807, 2.05) is 0 Å². The molecule has 0 bridgehead atoms. The number of hydrogen-bond acceptors (Lipinski definition) is 7. The van der Waals surface area contributed by atoms with E-state index in [2.05, 4.69) is 5.32 Å². The molecule has 2 amide bonds. The van der Waals surface area contributed by atoms with Crippen molar-refractivity contribution in [1.82, 2.24) is 10.0 Å². The zero-order valence-electron chi connectivity index (χ0n) is 22.5. The van der Waals surface area contributed by atoms with Gasteiger partial charge in [-0.1, -0.05) is 6.07 Å². The van der Waals surface area contributed by atoms with Crippen LogP contribution in [0.15, 0.2) is 54.6 Å². The first-order valence-electron chi connectivity index (χ1n) is 12.8. The molecule has 1 aliphatic rings. The van der Waals surface area contributed by atoms with E-state index in [1.54, 1.807) is 29.0 Å². The van der Waals surface area contributed by atoms with Gasteiger partial charge in [-0.2, -0.15) is 0 Å². The number of sulfonamides is 1. The Morgan fingerprint density at radius 1 is 0.902 bits per heavy atom. The molecule has 1 saturated carbocycles. The van der Waals surface area contributed by atoms with Crippen molar-refractivity contribution in [2.45, 2.75) is 26.4 Å². The van der Waals surface area contributed by atoms with Gasteiger partial charge in [-0.25, -0.2) is 21.9 Å². The topological polar surface area (TPSA) is 120 Å². The van der Waals surface area contributed by atoms with Gasteiger partial charge in [0.25, 0.3) is 5.91 Å². The number of halogens is 2. The third kappa shape index (κ3) is 9.45. The highest BCUT2D eigenvalue weighted by molar-refractivity contribution is 7.89. The maximum absolute atomic E-state index is 14.6. The molecule has 1 fully saturated rings. The Balaban J connectivity index is 1.50. The smallest absolute Gasteiger partial charge is 0.264 e. The summed E-state index contributed by atoms with van der Waals surface area (Å²) in [7, 11) is -3.80. The molecule has 4 rings (SSSR count). The summed E-state index contributed by atoms with van der Waals surface area (Å²) >= 11 is 0. The molecule has 218 valence electrons. The second-order valence-corrected chi connectivity index (χ2v) is 11.5. The second kappa shape index (κ2) is 13.0. The first-order valence-corrected chi connectivity index (χ1v) is 14.7. The van der Waals surface area contributed by atoms with Crippen LogP contribution >= 0.6 is 0 Å². The van der Waals surface area contributed by atoms with Crippen molar-refractivity contribution in [2.24, 2.45) is 5.92 Å². The Morgan fingerprint density at radius 2 is 1.56 bits per heavy atom. The van der Waals surface area contributed by atoms with Gasteiger partial charge in [0, 0.05) is 30.2 Å². The molecule has 1 aliphatic carbocycles. The van der Waals surface area contributed by atoms with Crippen molar-refractivity contribution in [1.29, 1.82) is 0 Å². The summed E-state index contributed by atoms with van der Waals surface area (Å²) < 4.78 is 70.9. The first-order chi connectivity index (χ1) is 19.4. The zero-order chi connectivity index (χ0) is 29.6. The minimum absolute atomic E-state index is 0.0806. The Bertz CT molecular complexity index is 1540. The van der Waals surface area contributed by atoms with Crippen LogP contribution in [0.1, 0.15) is 35.7 Å². The Hall–Kier alpha value is -4.19. The molecular weight excluding hydrogens is 558 g/mol. The average molecular weight is 589 g/mol. The minimum Gasteiger partial charge on any atom is -0.493 e. The standard InChI is InChI=1S/C29H30F2N2O7S/c1-18(34)32-7-8-38-26-11-23(12-27(15-26)39-16-19-3-4-19)22-9-24(30)14-25(10-22)40-17-21-6-5-20(13-28(21)31)29(35)33-41(2,36)37/h5-6,9-15,19H,3-4,7-8,16-17H2,1-2H3,(H,32,34)(H,33,35). The molecule has 0 saturated heterocycles. The highest BCUT2D eigenvalue weighted by atomic mass is 32.2. The summed E-state index contributed by atoms with van der Waals surface area (Å²) in [4.78, 5) is 23.1. The lowest BCUT2D eigenvalue weighted by Crippen LogP contribution is -2.29. The molecule has 0 aromatic heterocycles. The van der Waals surface area contributed by atoms with Gasteiger partial charge in [0.2, 0.25) is 15.9 Å². The van der Waals surface area contributed by atoms with Gasteiger partial charge in [-0.15, -0.1) is 0 Å². The van der Waals surface area contributed by atoms with Crippen LogP contribution in [-0.4, -0.2) is 46.2 Å². The molecule has 0 atom stereocenters. The van der Waals surface area contributed by atoms with Crippen molar-refractivity contribution in [2.75, 3.05) is 26.0 Å². The van der Waals surface area contributed by atoms with E-state index >= 15 is 0 Å². The monoisotopic (exact) mass is 588 g/mol. The van der Waals surface area contributed by atoms with Crippen molar-refractivity contribution in [3.63, 3.8) is 0 Å². The van der Waals surface area contributed by atoms with Gasteiger partial charge in [0.05, 0.1) is 19.4 Å². The number of ether oxygens (including phenoxy) is 3. The Labute approximate surface area is 236 Å². The van der Waals surface area contributed by atoms with Crippen LogP contribution in [0.3, 0.4) is 0 Å². The lowest BCUT2D eigenvalue weighted by Gasteiger charge is -2.14. The largest absolute Gasteiger partial charge is 0.493 e. The van der Waals surface area contributed by atoms with Gasteiger partial charge >= 0.3 is 0 Å². The molecular formula is C29H30F2N2O7S. The predicted octanol–water partition coefficient (Wildman–Crippen LogP) is 4.20. The fourth-order valence-corrected chi connectivity index (χ4v) is 4.26. The highest BCUT2D eigenvalue weighted by Crippen LogP contribution is 2.35. The lowest BCUT2D eigenvalue weighted by atomic mass is 10.0. The van der Waals surface area contributed by atoms with Crippen LogP contribution in [0.5, 0.6) is 17.2 Å². The summed E-state index contributed by atoms with van der Waals surface area (Å²) in [5, 5.41) is 2.66. The molecule has 2 N–H and O–H groups in total. The molecule has 0 aliphatic heterocycles. The van der Waals surface area contributed by atoms with E-state index in [1.165, 1.54) is 25.1 Å². The SMILES string of the molecule is CC(=O)NCCOc1cc(OCC2CC2)cc(-c2cc(F)cc(OCc3ccc(C(=O)NS(C)(=O)=O)cc3F)c2)c1. The van der Waals surface area contributed by atoms with Crippen molar-refractivity contribution in [3.05, 3.63) is 77.4 Å². The van der Waals surface area contributed by atoms with Crippen LogP contribution in [0.25, 0.3) is 11.1 Å². The van der Waals surface area contributed by atoms with E-state index in [0.717, 1.165) is 31.2 Å². The number of benzene rings is 3. The molecule has 9 nitrogen and oxygen atoms in total. The van der Waals surface area contributed by atoms with Crippen LogP contribution < -0.4 is 24.2 Å². The van der Waals surface area contributed by atoms with Gasteiger partial charge in [0.15, 0.2) is 0 Å². The van der Waals surface area contributed by atoms with Crippen LogP contribution in [0.2, 0.25) is 0 Å². The maximum Gasteiger partial charge on any atom is 0.264 e. The highest BCUT2D eigenvalue weighted by Gasteiger charge is 2.22. The summed E-state index contributed by atoms with van der Waals surface area (Å²) in [6.45, 7) is 2.24. The Morgan fingerprint density at radius 3 is 2.20 bits per heavy atom. The number of nitrogens with one attached hydrogen (secondary N) is 2. The van der Waals surface area contributed by atoms with Crippen molar-refractivity contribution in [3.8, 4) is 28.4 Å². The van der Waals surface area contributed by atoms with Crippen LogP contribution in [0, 0.1) is 17.6 Å². The molecule has 3 aromatic rings. The number of hydrogen-bond donors (Lipinski definition) is 2. The van der Waals surface area contributed by atoms with Crippen molar-refractivity contribution >= 4 is 21.8 Å². The molecule has 41 heavy (non-hydrogen) atoms. The van der Waals surface area contributed by atoms with E-state index < -0.39 is 27.6 Å². The number of carbonyl (C=O) groups is 2. The van der Waals surface area contributed by atoms with Gasteiger partial charge in [-0.3, -0.25) is 9.59 Å². The summed E-state index contributed by atoms with van der Waals surface area (Å²) in [5.41, 5.74) is 0.974. The molecule has 0 radical (unpaired) electrons. The first kappa shape index (κ1) is 29.8. The van der Waals surface area contributed by atoms with Crippen molar-refractivity contribution < 1.29 is 41.0 Å². The fraction of sp³-hybridized carbons (Fsp3) is 0.310. The maximum atomic E-state index is 14.6. The fourth-order valence-electron chi connectivity index (χ4n) is 3.81. The van der Waals surface area contributed by atoms with E-state index in [0.29, 0.717) is 41.7 Å². The summed E-state index contributed by atoms with van der Waals surface area (Å²) in [6.07, 6.45) is 3.04. The third-order valence-electron chi connectivity index (χ3n) is 6.00. The molecule has 0 spiro atoms. The number of carbonyl (C=O) groups excluding carboxylic acids is 2. The molecule has 0 unspecified atom stereocenters. The quantitative estimate of drug-likeness (QED) is 0.287. The molecule has 3 aromatic carbocycles. The van der Waals surface area contributed by atoms with Gasteiger partial charge in [0.1, 0.15) is 42.1 Å². The van der Waals surface area contributed by atoms with Crippen LogP contribution in [-0.2, 0) is 21.4 Å². The number of amides is 2. The van der Waals surface area contributed by atoms with Crippen LogP contribution in [0.4, 0.5) is 8.78 Å². The van der Waals surface area contributed by atoms with Gasteiger partial charge in [-0.05, 0) is 66.3 Å². The molecule has 0 heterocycles. The Kier molecular flexibility index (Phi) is 9.43. The molecule has 12 heteroatoms. The predicted molar refractivity (Wildman–Crippen MR) is 147 cm³/mol. The van der Waals surface area contributed by atoms with E-state index in [4.69, 9.17) is 14.2 Å². The summed E-state index contributed by atoms with van der Waals surface area (Å²) in [6, 6.07) is 12.7. The number of rotatable bonds is 13. The normalized spacial score (nSPS) is 12.9. The van der Waals surface area contributed by atoms with E-state index in [-0.39, 0.29) is 36.0 Å². The third-order valence-corrected chi connectivity index (χ3v) is 6.56. The van der Waals surface area contributed by atoms with Gasteiger partial charge < -0.3 is 19.5 Å². The lowest BCUT2D eigenvalue weighted by molar-refractivity contribution is -0.119.